The first kappa shape index (κ1) is 16.8. The minimum atomic E-state index is -0.439. The van der Waals surface area contributed by atoms with Crippen LogP contribution in [0.15, 0.2) is 36.7 Å². The topological polar surface area (TPSA) is 59.4 Å². The van der Waals surface area contributed by atoms with Gasteiger partial charge < -0.3 is 15.0 Å². The number of carbonyl (C=O) groups is 1. The molecule has 7 heteroatoms. The molecule has 6 nitrogen and oxygen atoms in total. The molecule has 0 spiro atoms. The Hall–Kier alpha value is -2.57. The van der Waals surface area contributed by atoms with Crippen molar-refractivity contribution in [2.75, 3.05) is 14.2 Å². The Labute approximate surface area is 134 Å². The zero-order valence-corrected chi connectivity index (χ0v) is 13.5. The fourth-order valence-corrected chi connectivity index (χ4v) is 2.21. The summed E-state index contributed by atoms with van der Waals surface area (Å²) in [4.78, 5) is 13.7. The lowest BCUT2D eigenvalue weighted by atomic mass is 10.2. The van der Waals surface area contributed by atoms with Gasteiger partial charge in [0.2, 0.25) is 0 Å². The van der Waals surface area contributed by atoms with E-state index in [1.54, 1.807) is 30.1 Å². The van der Waals surface area contributed by atoms with Crippen molar-refractivity contribution in [2.45, 2.75) is 26.1 Å². The van der Waals surface area contributed by atoms with Crippen molar-refractivity contribution in [1.29, 1.82) is 0 Å². The zero-order valence-electron chi connectivity index (χ0n) is 13.5. The number of amides is 2. The summed E-state index contributed by atoms with van der Waals surface area (Å²) < 4.78 is 20.3. The number of halogens is 1. The average molecular weight is 320 g/mol. The number of nitrogens with one attached hydrogen (secondary N) is 1. The maximum Gasteiger partial charge on any atom is 0.317 e. The van der Waals surface area contributed by atoms with E-state index >= 15 is 0 Å². The van der Waals surface area contributed by atoms with Gasteiger partial charge >= 0.3 is 6.03 Å². The van der Waals surface area contributed by atoms with Crippen molar-refractivity contribution in [2.24, 2.45) is 0 Å². The molecule has 0 fully saturated rings. The monoisotopic (exact) mass is 320 g/mol. The SMILES string of the molecule is COc1ccc(CN(C)C(=O)N[C@@H](C)Cn2cccn2)cc1F. The fraction of sp³-hybridized carbons (Fsp3) is 0.375. The van der Waals surface area contributed by atoms with Gasteiger partial charge in [-0.25, -0.2) is 9.18 Å². The number of hydrogen-bond donors (Lipinski definition) is 1. The minimum Gasteiger partial charge on any atom is -0.494 e. The van der Waals surface area contributed by atoms with Crippen molar-refractivity contribution >= 4 is 6.03 Å². The second-order valence-electron chi connectivity index (χ2n) is 5.40. The predicted molar refractivity (Wildman–Crippen MR) is 84.6 cm³/mol. The van der Waals surface area contributed by atoms with Crippen LogP contribution in [-0.4, -0.2) is 40.9 Å². The summed E-state index contributed by atoms with van der Waals surface area (Å²) in [6.07, 6.45) is 3.53. The van der Waals surface area contributed by atoms with Crippen LogP contribution in [0.1, 0.15) is 12.5 Å². The van der Waals surface area contributed by atoms with E-state index in [2.05, 4.69) is 10.4 Å². The molecule has 0 aliphatic heterocycles. The number of urea groups is 1. The predicted octanol–water partition coefficient (Wildman–Crippen LogP) is 2.26. The van der Waals surface area contributed by atoms with Crippen LogP contribution in [0.4, 0.5) is 9.18 Å². The molecule has 23 heavy (non-hydrogen) atoms. The van der Waals surface area contributed by atoms with E-state index < -0.39 is 5.82 Å². The molecular weight excluding hydrogens is 299 g/mol. The quantitative estimate of drug-likeness (QED) is 0.888. The smallest absolute Gasteiger partial charge is 0.317 e. The summed E-state index contributed by atoms with van der Waals surface area (Å²) in [6, 6.07) is 6.20. The average Bonchev–Trinajstić information content (AvgIpc) is 3.00. The maximum atomic E-state index is 13.7. The van der Waals surface area contributed by atoms with E-state index in [1.807, 2.05) is 19.2 Å². The highest BCUT2D eigenvalue weighted by Gasteiger charge is 2.14. The molecule has 2 rings (SSSR count). The van der Waals surface area contributed by atoms with Crippen LogP contribution in [0.3, 0.4) is 0 Å². The van der Waals surface area contributed by atoms with Crippen LogP contribution in [0.25, 0.3) is 0 Å². The molecule has 2 amide bonds. The molecule has 1 heterocycles. The first-order valence-corrected chi connectivity index (χ1v) is 7.31. The van der Waals surface area contributed by atoms with E-state index in [1.165, 1.54) is 18.1 Å². The molecule has 0 aliphatic carbocycles. The Kier molecular flexibility index (Phi) is 5.56. The second kappa shape index (κ2) is 7.62. The standard InChI is InChI=1S/C16H21FN4O2/c1-12(10-21-8-4-7-18-21)19-16(22)20(2)11-13-5-6-15(23-3)14(17)9-13/h4-9,12H,10-11H2,1-3H3,(H,19,22)/t12-/m0/s1. The summed E-state index contributed by atoms with van der Waals surface area (Å²) in [6.45, 7) is 2.80. The van der Waals surface area contributed by atoms with Gasteiger partial charge in [0.1, 0.15) is 0 Å². The van der Waals surface area contributed by atoms with Gasteiger partial charge in [-0.3, -0.25) is 4.68 Å². The van der Waals surface area contributed by atoms with Crippen LogP contribution in [0, 0.1) is 5.82 Å². The van der Waals surface area contributed by atoms with Gasteiger partial charge in [-0.1, -0.05) is 6.07 Å². The van der Waals surface area contributed by atoms with Gasteiger partial charge in [0, 0.05) is 32.0 Å². The number of nitrogens with zero attached hydrogens (tertiary/aromatic N) is 3. The van der Waals surface area contributed by atoms with Gasteiger partial charge in [-0.15, -0.1) is 0 Å². The number of rotatable bonds is 6. The molecule has 1 atom stereocenters. The summed E-state index contributed by atoms with van der Waals surface area (Å²) in [5, 5.41) is 6.98. The number of aromatic nitrogens is 2. The van der Waals surface area contributed by atoms with Crippen LogP contribution in [0.2, 0.25) is 0 Å². The lowest BCUT2D eigenvalue weighted by Gasteiger charge is -2.21. The zero-order chi connectivity index (χ0) is 16.8. The third-order valence-electron chi connectivity index (χ3n) is 3.37. The van der Waals surface area contributed by atoms with Crippen LogP contribution in [-0.2, 0) is 13.1 Å². The normalized spacial score (nSPS) is 11.8. The van der Waals surface area contributed by atoms with Gasteiger partial charge in [-0.05, 0) is 30.7 Å². The molecule has 0 saturated carbocycles. The number of ether oxygens (including phenoxy) is 1. The summed E-state index contributed by atoms with van der Waals surface area (Å²) in [5.74, 6) is -0.250. The van der Waals surface area contributed by atoms with E-state index in [-0.39, 0.29) is 17.8 Å². The Morgan fingerprint density at radius 1 is 1.52 bits per heavy atom. The molecule has 1 N–H and O–H groups in total. The molecule has 1 aromatic carbocycles. The minimum absolute atomic E-state index is 0.0718. The Morgan fingerprint density at radius 2 is 2.30 bits per heavy atom. The van der Waals surface area contributed by atoms with Crippen LogP contribution in [0.5, 0.6) is 5.75 Å². The Balaban J connectivity index is 1.88. The van der Waals surface area contributed by atoms with E-state index in [4.69, 9.17) is 4.74 Å². The largest absolute Gasteiger partial charge is 0.494 e. The molecule has 0 unspecified atom stereocenters. The fourth-order valence-electron chi connectivity index (χ4n) is 2.21. The van der Waals surface area contributed by atoms with Crippen LogP contribution < -0.4 is 10.1 Å². The maximum absolute atomic E-state index is 13.7. The lowest BCUT2D eigenvalue weighted by molar-refractivity contribution is 0.202. The number of methoxy groups -OCH3 is 1. The molecule has 124 valence electrons. The Morgan fingerprint density at radius 3 is 2.91 bits per heavy atom. The molecule has 0 saturated heterocycles. The van der Waals surface area contributed by atoms with Gasteiger partial charge in [0.15, 0.2) is 11.6 Å². The molecule has 0 aliphatic rings. The summed E-state index contributed by atoms with van der Waals surface area (Å²) >= 11 is 0. The molecule has 1 aromatic heterocycles. The summed E-state index contributed by atoms with van der Waals surface area (Å²) in [7, 11) is 3.08. The first-order valence-electron chi connectivity index (χ1n) is 7.31. The summed E-state index contributed by atoms with van der Waals surface area (Å²) in [5.41, 5.74) is 0.695. The number of hydrogen-bond acceptors (Lipinski definition) is 3. The van der Waals surface area contributed by atoms with Gasteiger partial charge in [0.25, 0.3) is 0 Å². The van der Waals surface area contributed by atoms with Gasteiger partial charge in [-0.2, -0.15) is 5.10 Å². The molecular formula is C16H21FN4O2. The number of carbonyl (C=O) groups excluding carboxylic acids is 1. The Bertz CT molecular complexity index is 646. The first-order chi connectivity index (χ1) is 11.0. The third kappa shape index (κ3) is 4.70. The van der Waals surface area contributed by atoms with E-state index in [0.717, 1.165) is 0 Å². The highest BCUT2D eigenvalue weighted by Crippen LogP contribution is 2.18. The van der Waals surface area contributed by atoms with Gasteiger partial charge in [0.05, 0.1) is 13.7 Å². The van der Waals surface area contributed by atoms with Crippen molar-refractivity contribution < 1.29 is 13.9 Å². The van der Waals surface area contributed by atoms with E-state index in [9.17, 15) is 9.18 Å². The van der Waals surface area contributed by atoms with Crippen molar-refractivity contribution in [3.63, 3.8) is 0 Å². The highest BCUT2D eigenvalue weighted by molar-refractivity contribution is 5.74. The second-order valence-corrected chi connectivity index (χ2v) is 5.40. The molecule has 0 bridgehead atoms. The van der Waals surface area contributed by atoms with Crippen molar-refractivity contribution in [3.05, 3.63) is 48.0 Å². The van der Waals surface area contributed by atoms with Crippen LogP contribution >= 0.6 is 0 Å². The number of benzene rings is 1. The lowest BCUT2D eigenvalue weighted by Crippen LogP contribution is -2.43. The third-order valence-corrected chi connectivity index (χ3v) is 3.37. The molecule has 0 radical (unpaired) electrons. The van der Waals surface area contributed by atoms with Crippen molar-refractivity contribution in [1.82, 2.24) is 20.0 Å². The van der Waals surface area contributed by atoms with Crippen molar-refractivity contribution in [3.8, 4) is 5.75 Å². The molecule has 2 aromatic rings. The van der Waals surface area contributed by atoms with E-state index in [0.29, 0.717) is 18.7 Å². The highest BCUT2D eigenvalue weighted by atomic mass is 19.1.